The number of furan rings is 1. The molecule has 1 aliphatic rings. The van der Waals surface area contributed by atoms with Crippen LogP contribution in [0, 0.1) is 35.6 Å². The number of rotatable bonds is 4. The molecule has 1 N–H and O–H groups in total. The predicted octanol–water partition coefficient (Wildman–Crippen LogP) is 5.26. The molecule has 0 fully saturated rings. The third-order valence-corrected chi connectivity index (χ3v) is 5.30. The van der Waals surface area contributed by atoms with Crippen LogP contribution < -0.4 is 5.01 Å². The van der Waals surface area contributed by atoms with Gasteiger partial charge in [0.15, 0.2) is 17.4 Å². The van der Waals surface area contributed by atoms with E-state index in [0.717, 1.165) is 28.3 Å². The van der Waals surface area contributed by atoms with E-state index in [9.17, 15) is 28.8 Å². The third kappa shape index (κ3) is 3.86. The maximum Gasteiger partial charge on any atom is 0.280 e. The van der Waals surface area contributed by atoms with E-state index >= 15 is 0 Å². The van der Waals surface area contributed by atoms with Crippen molar-refractivity contribution >= 4 is 29.1 Å². The number of carbonyl (C=O) groups excluding carboxylic acids is 1. The number of nitro groups is 1. The van der Waals surface area contributed by atoms with Crippen LogP contribution in [0.1, 0.15) is 23.8 Å². The maximum atomic E-state index is 13.7. The highest BCUT2D eigenvalue weighted by molar-refractivity contribution is 6.32. The van der Waals surface area contributed by atoms with E-state index in [0.29, 0.717) is 5.56 Å². The van der Waals surface area contributed by atoms with Crippen LogP contribution in [0.4, 0.5) is 20.2 Å². The Hall–Kier alpha value is -4.34. The van der Waals surface area contributed by atoms with E-state index in [1.54, 1.807) is 25.1 Å². The number of benzene rings is 2. The fourth-order valence-electron chi connectivity index (χ4n) is 3.40. The summed E-state index contributed by atoms with van der Waals surface area (Å²) in [6.07, 6.45) is 1.39. The molecule has 1 amide bonds. The van der Waals surface area contributed by atoms with Gasteiger partial charge in [-0.2, -0.15) is 10.1 Å². The average molecular weight is 453 g/mol. The summed E-state index contributed by atoms with van der Waals surface area (Å²) in [5, 5.41) is 25.6. The first-order valence-corrected chi connectivity index (χ1v) is 9.72. The Morgan fingerprint density at radius 3 is 2.36 bits per heavy atom. The number of nitrogens with zero attached hydrogens (tertiary/aromatic N) is 3. The van der Waals surface area contributed by atoms with Crippen LogP contribution in [0.15, 0.2) is 51.5 Å². The smallest absolute Gasteiger partial charge is 0.280 e. The van der Waals surface area contributed by atoms with Gasteiger partial charge < -0.3 is 9.52 Å². The lowest BCUT2D eigenvalue weighted by atomic mass is 10.0. The summed E-state index contributed by atoms with van der Waals surface area (Å²) in [6, 6.07) is 7.81. The van der Waals surface area contributed by atoms with Crippen molar-refractivity contribution in [2.45, 2.75) is 20.8 Å². The number of nitro benzene ring substituents is 1. The van der Waals surface area contributed by atoms with Crippen LogP contribution >= 0.6 is 0 Å². The molecule has 1 aromatic heterocycles. The maximum absolute atomic E-state index is 13.7. The summed E-state index contributed by atoms with van der Waals surface area (Å²) in [5.74, 6) is -3.78. The Kier molecular flexibility index (Phi) is 5.28. The summed E-state index contributed by atoms with van der Waals surface area (Å²) in [7, 11) is 0. The second-order valence-electron chi connectivity index (χ2n) is 7.53. The summed E-state index contributed by atoms with van der Waals surface area (Å²) in [5.41, 5.74) is 2.00. The Morgan fingerprint density at radius 1 is 1.09 bits per heavy atom. The van der Waals surface area contributed by atoms with Crippen molar-refractivity contribution in [2.75, 3.05) is 5.01 Å². The molecule has 0 spiro atoms. The minimum Gasteiger partial charge on any atom is -0.503 e. The predicted molar refractivity (Wildman–Crippen MR) is 117 cm³/mol. The molecule has 3 aromatic rings. The quantitative estimate of drug-likeness (QED) is 0.329. The third-order valence-electron chi connectivity index (χ3n) is 5.30. The van der Waals surface area contributed by atoms with Gasteiger partial charge in [0.05, 0.1) is 27.5 Å². The van der Waals surface area contributed by atoms with E-state index in [1.165, 1.54) is 19.1 Å². The number of phenolic OH excluding ortho intramolecular Hbond substituents is 1. The average Bonchev–Trinajstić information content (AvgIpc) is 3.33. The normalized spacial score (nSPS) is 14.8. The fourth-order valence-corrected chi connectivity index (χ4v) is 3.40. The zero-order chi connectivity index (χ0) is 24.0. The Balaban J connectivity index is 1.69. The standard InChI is InChI=1S/C23H17F2N3O5/c1-11-6-17(20(28(31)32)7-12(11)2)21-5-4-15(33-21)10-16-13(3)26-27(23(16)30)14-8-18(24)22(29)19(25)9-14/h4-10,29H,1-3H3. The molecule has 10 heteroatoms. The number of amides is 1. The van der Waals surface area contributed by atoms with Gasteiger partial charge in [0.1, 0.15) is 11.5 Å². The van der Waals surface area contributed by atoms with Gasteiger partial charge >= 0.3 is 0 Å². The number of anilines is 1. The largest absolute Gasteiger partial charge is 0.503 e. The molecule has 8 nitrogen and oxygen atoms in total. The second-order valence-corrected chi connectivity index (χ2v) is 7.53. The zero-order valence-electron chi connectivity index (χ0n) is 17.7. The number of hydrogen-bond donors (Lipinski definition) is 1. The molecule has 33 heavy (non-hydrogen) atoms. The summed E-state index contributed by atoms with van der Waals surface area (Å²) in [4.78, 5) is 23.8. The first-order chi connectivity index (χ1) is 15.6. The Morgan fingerprint density at radius 2 is 1.73 bits per heavy atom. The van der Waals surface area contributed by atoms with E-state index in [2.05, 4.69) is 5.10 Å². The first kappa shape index (κ1) is 21.9. The van der Waals surface area contributed by atoms with Crippen LogP contribution in [0.2, 0.25) is 0 Å². The van der Waals surface area contributed by atoms with Gasteiger partial charge in [-0.15, -0.1) is 0 Å². The number of aromatic hydroxyl groups is 1. The molecule has 0 saturated heterocycles. The highest BCUT2D eigenvalue weighted by Crippen LogP contribution is 2.35. The number of hydrogen-bond acceptors (Lipinski definition) is 6. The van der Waals surface area contributed by atoms with Gasteiger partial charge in [0.25, 0.3) is 11.6 Å². The minimum atomic E-state index is -1.23. The molecule has 0 radical (unpaired) electrons. The van der Waals surface area contributed by atoms with E-state index in [-0.39, 0.29) is 34.2 Å². The van der Waals surface area contributed by atoms with Gasteiger partial charge in [-0.1, -0.05) is 0 Å². The molecule has 4 rings (SSSR count). The Bertz CT molecular complexity index is 1370. The molecular formula is C23H17F2N3O5. The molecule has 2 aromatic carbocycles. The number of aryl methyl sites for hydroxylation is 2. The lowest BCUT2D eigenvalue weighted by molar-refractivity contribution is -0.384. The molecular weight excluding hydrogens is 436 g/mol. The van der Waals surface area contributed by atoms with E-state index in [1.807, 2.05) is 6.92 Å². The van der Waals surface area contributed by atoms with Crippen molar-refractivity contribution in [3.05, 3.63) is 80.6 Å². The monoisotopic (exact) mass is 453 g/mol. The van der Waals surface area contributed by atoms with Gasteiger partial charge in [0, 0.05) is 18.2 Å². The fraction of sp³-hybridized carbons (Fsp3) is 0.130. The molecule has 0 atom stereocenters. The van der Waals surface area contributed by atoms with Gasteiger partial charge in [-0.25, -0.2) is 8.78 Å². The molecule has 0 unspecified atom stereocenters. The van der Waals surface area contributed by atoms with Crippen LogP contribution in [0.3, 0.4) is 0 Å². The van der Waals surface area contributed by atoms with E-state index < -0.39 is 28.2 Å². The van der Waals surface area contributed by atoms with Crippen molar-refractivity contribution in [1.82, 2.24) is 0 Å². The number of hydrazone groups is 1. The molecule has 0 aliphatic carbocycles. The molecule has 0 saturated carbocycles. The van der Waals surface area contributed by atoms with Gasteiger partial charge in [0.2, 0.25) is 0 Å². The van der Waals surface area contributed by atoms with Gasteiger partial charge in [-0.05, 0) is 56.2 Å². The van der Waals surface area contributed by atoms with Crippen LogP contribution in [0.5, 0.6) is 5.75 Å². The zero-order valence-corrected chi connectivity index (χ0v) is 17.7. The Labute approximate surface area is 186 Å². The SMILES string of the molecule is CC1=NN(c2cc(F)c(O)c(F)c2)C(=O)C1=Cc1ccc(-c2cc(C)c(C)cc2[N+](=O)[O-])o1. The second kappa shape index (κ2) is 7.97. The summed E-state index contributed by atoms with van der Waals surface area (Å²) in [6.45, 7) is 5.14. The first-order valence-electron chi connectivity index (χ1n) is 9.72. The van der Waals surface area contributed by atoms with Crippen molar-refractivity contribution < 1.29 is 28.0 Å². The number of phenols is 1. The van der Waals surface area contributed by atoms with Gasteiger partial charge in [-0.3, -0.25) is 14.9 Å². The van der Waals surface area contributed by atoms with Crippen molar-refractivity contribution in [1.29, 1.82) is 0 Å². The summed E-state index contributed by atoms with van der Waals surface area (Å²) >= 11 is 0. The number of carbonyl (C=O) groups is 1. The lowest BCUT2D eigenvalue weighted by Crippen LogP contribution is -2.21. The van der Waals surface area contributed by atoms with Crippen molar-refractivity contribution in [3.8, 4) is 17.1 Å². The highest BCUT2D eigenvalue weighted by atomic mass is 19.1. The summed E-state index contributed by atoms with van der Waals surface area (Å²) < 4.78 is 33.2. The van der Waals surface area contributed by atoms with Crippen LogP contribution in [-0.4, -0.2) is 21.6 Å². The molecule has 0 bridgehead atoms. The molecule has 2 heterocycles. The highest BCUT2D eigenvalue weighted by Gasteiger charge is 2.30. The van der Waals surface area contributed by atoms with Crippen LogP contribution in [0.25, 0.3) is 17.4 Å². The minimum absolute atomic E-state index is 0.108. The van der Waals surface area contributed by atoms with Crippen molar-refractivity contribution in [3.63, 3.8) is 0 Å². The number of halogens is 2. The van der Waals surface area contributed by atoms with Crippen molar-refractivity contribution in [2.24, 2.45) is 5.10 Å². The van der Waals surface area contributed by atoms with Crippen LogP contribution in [-0.2, 0) is 4.79 Å². The van der Waals surface area contributed by atoms with E-state index in [4.69, 9.17) is 4.42 Å². The molecule has 1 aliphatic heterocycles. The lowest BCUT2D eigenvalue weighted by Gasteiger charge is -2.12. The topological polar surface area (TPSA) is 109 Å². The molecule has 168 valence electrons.